The summed E-state index contributed by atoms with van der Waals surface area (Å²) in [6.07, 6.45) is -1.09. The van der Waals surface area contributed by atoms with Gasteiger partial charge in [-0.1, -0.05) is 41.5 Å². The van der Waals surface area contributed by atoms with Crippen molar-refractivity contribution in [3.8, 4) is 0 Å². The fourth-order valence-corrected chi connectivity index (χ4v) is 7.33. The van der Waals surface area contributed by atoms with E-state index in [0.717, 1.165) is 0 Å². The normalized spacial score (nSPS) is 13.0. The SMILES string of the molecule is CCN(CC)CC.CCN(CC)CC.CN(Cc1cnc2nc(N)nc(N)c2n1)c1ccc(C(=O)N[C@@H](CCP(=O)(O)C[C@@H](CCC(=O)O)C(=O)O)C(=O)O)cc1. The van der Waals surface area contributed by atoms with Crippen LogP contribution in [0.3, 0.4) is 0 Å². The smallest absolute Gasteiger partial charge is 0.326 e. The highest BCUT2D eigenvalue weighted by Crippen LogP contribution is 2.44. The Morgan fingerprint density at radius 2 is 1.35 bits per heavy atom. The highest BCUT2D eigenvalue weighted by Gasteiger charge is 2.31. The molecule has 0 spiro atoms. The van der Waals surface area contributed by atoms with Crippen molar-refractivity contribution in [3.63, 3.8) is 0 Å². The summed E-state index contributed by atoms with van der Waals surface area (Å²) in [6, 6.07) is 4.66. The molecule has 20 heteroatoms. The van der Waals surface area contributed by atoms with E-state index in [1.54, 1.807) is 19.2 Å². The maximum atomic E-state index is 12.7. The number of nitrogens with two attached hydrogens (primary N) is 2. The number of hydrogen-bond donors (Lipinski definition) is 7. The van der Waals surface area contributed by atoms with Crippen LogP contribution < -0.4 is 21.7 Å². The molecule has 1 unspecified atom stereocenters. The number of amides is 1. The van der Waals surface area contributed by atoms with Crippen LogP contribution in [0.25, 0.3) is 11.2 Å². The quantitative estimate of drug-likeness (QED) is 0.0758. The number of anilines is 3. The molecule has 0 fully saturated rings. The molecule has 0 saturated carbocycles. The Bertz CT molecular complexity index is 1750. The first-order chi connectivity index (χ1) is 26.8. The fraction of sp³-hybridized carbons (Fsp3) is 0.568. The average molecular weight is 821 g/mol. The molecule has 1 amide bonds. The van der Waals surface area contributed by atoms with Gasteiger partial charge in [-0.25, -0.2) is 14.8 Å². The zero-order valence-electron chi connectivity index (χ0n) is 34.1. The first-order valence-corrected chi connectivity index (χ1v) is 21.0. The van der Waals surface area contributed by atoms with E-state index < -0.39 is 68.3 Å². The van der Waals surface area contributed by atoms with Crippen molar-refractivity contribution in [1.82, 2.24) is 35.1 Å². The standard InChI is InChI=1S/C25H31N8O9P.2C6H15N/c1-33(11-15-10-28-21-19(29-15)20(26)31-25(27)32-21)16-5-2-13(3-6-16)22(36)30-17(24(39)40)8-9-43(41,42)12-14(23(37)38)4-7-18(34)35;2*1-4-7(5-2)6-3/h2-3,5-6,10,14,17H,4,7-9,11-12H2,1H3,(H,30,36)(H,34,35)(H,37,38)(H,39,40)(H,41,42)(H4,26,27,28,31,32);2*4-6H2,1-3H3/t14-,17+;;/m1../s1. The molecule has 57 heavy (non-hydrogen) atoms. The first-order valence-electron chi connectivity index (χ1n) is 18.9. The second-order valence-electron chi connectivity index (χ2n) is 13.0. The maximum absolute atomic E-state index is 12.7. The highest BCUT2D eigenvalue weighted by molar-refractivity contribution is 7.58. The molecule has 0 radical (unpaired) electrons. The van der Waals surface area contributed by atoms with Crippen molar-refractivity contribution in [3.05, 3.63) is 41.7 Å². The molecule has 0 aliphatic rings. The second kappa shape index (κ2) is 25.3. The second-order valence-corrected chi connectivity index (χ2v) is 15.5. The Labute approximate surface area is 334 Å². The Hall–Kier alpha value is -4.97. The van der Waals surface area contributed by atoms with Crippen LogP contribution >= 0.6 is 7.37 Å². The third-order valence-corrected chi connectivity index (χ3v) is 11.1. The van der Waals surface area contributed by atoms with Gasteiger partial charge in [0.15, 0.2) is 17.0 Å². The summed E-state index contributed by atoms with van der Waals surface area (Å²) in [6.45, 7) is 20.6. The first kappa shape index (κ1) is 50.0. The van der Waals surface area contributed by atoms with Crippen LogP contribution in [0.15, 0.2) is 30.5 Å². The zero-order chi connectivity index (χ0) is 43.3. The van der Waals surface area contributed by atoms with E-state index in [0.29, 0.717) is 23.4 Å². The zero-order valence-corrected chi connectivity index (χ0v) is 35.0. The molecule has 0 aliphatic heterocycles. The maximum Gasteiger partial charge on any atom is 0.326 e. The largest absolute Gasteiger partial charge is 0.481 e. The minimum Gasteiger partial charge on any atom is -0.481 e. The van der Waals surface area contributed by atoms with Gasteiger partial charge in [0.05, 0.1) is 24.4 Å². The van der Waals surface area contributed by atoms with Crippen molar-refractivity contribution < 1.29 is 44.0 Å². The lowest BCUT2D eigenvalue weighted by molar-refractivity contribution is -0.142. The van der Waals surface area contributed by atoms with Crippen molar-refractivity contribution >= 4 is 59.8 Å². The Kier molecular flexibility index (Phi) is 22.2. The number of nitrogens with one attached hydrogen (secondary N) is 1. The molecule has 1 aromatic carbocycles. The minimum absolute atomic E-state index is 0.0183. The van der Waals surface area contributed by atoms with Crippen molar-refractivity contribution in [1.29, 1.82) is 0 Å². The molecule has 3 atom stereocenters. The molecule has 2 heterocycles. The summed E-state index contributed by atoms with van der Waals surface area (Å²) in [5.74, 6) is -6.18. The van der Waals surface area contributed by atoms with E-state index in [9.17, 15) is 38.8 Å². The topological polar surface area (TPSA) is 292 Å². The lowest BCUT2D eigenvalue weighted by Gasteiger charge is -2.20. The van der Waals surface area contributed by atoms with E-state index in [2.05, 4.69) is 76.6 Å². The summed E-state index contributed by atoms with van der Waals surface area (Å²) in [5, 5.41) is 29.9. The van der Waals surface area contributed by atoms with Gasteiger partial charge in [0.1, 0.15) is 6.04 Å². The fourth-order valence-electron chi connectivity index (χ4n) is 5.46. The lowest BCUT2D eigenvalue weighted by Crippen LogP contribution is -2.41. The van der Waals surface area contributed by atoms with E-state index in [1.165, 1.54) is 57.6 Å². The number of carboxylic acids is 3. The van der Waals surface area contributed by atoms with Crippen LogP contribution in [0, 0.1) is 5.92 Å². The third-order valence-electron chi connectivity index (χ3n) is 9.09. The number of carbonyl (C=O) groups excluding carboxylic acids is 1. The number of aromatic nitrogens is 4. The summed E-state index contributed by atoms with van der Waals surface area (Å²) < 4.78 is 12.6. The van der Waals surface area contributed by atoms with Crippen LogP contribution in [-0.2, 0) is 25.5 Å². The molecular formula is C37H61N10O9P. The van der Waals surface area contributed by atoms with Crippen LogP contribution in [0.1, 0.15) is 76.9 Å². The Morgan fingerprint density at radius 1 is 0.807 bits per heavy atom. The number of nitrogens with zero attached hydrogens (tertiary/aromatic N) is 7. The van der Waals surface area contributed by atoms with Gasteiger partial charge in [-0.05, 0) is 76.4 Å². The summed E-state index contributed by atoms with van der Waals surface area (Å²) in [5.41, 5.74) is 13.4. The summed E-state index contributed by atoms with van der Waals surface area (Å²) in [4.78, 5) is 79.9. The van der Waals surface area contributed by atoms with Gasteiger partial charge in [0, 0.05) is 37.0 Å². The monoisotopic (exact) mass is 820 g/mol. The van der Waals surface area contributed by atoms with E-state index in [1.807, 2.05) is 4.90 Å². The number of hydrogen-bond acceptors (Lipinski definition) is 14. The van der Waals surface area contributed by atoms with Gasteiger partial charge >= 0.3 is 17.9 Å². The van der Waals surface area contributed by atoms with Crippen LogP contribution in [0.4, 0.5) is 17.5 Å². The van der Waals surface area contributed by atoms with Crippen molar-refractivity contribution in [2.24, 2.45) is 5.92 Å². The molecule has 0 aliphatic carbocycles. The number of benzene rings is 1. The van der Waals surface area contributed by atoms with Gasteiger partial charge in [-0.15, -0.1) is 0 Å². The molecule has 3 rings (SSSR count). The van der Waals surface area contributed by atoms with Gasteiger partial charge in [-0.3, -0.25) is 18.9 Å². The Morgan fingerprint density at radius 3 is 1.81 bits per heavy atom. The van der Waals surface area contributed by atoms with Crippen LogP contribution in [-0.4, -0.2) is 138 Å². The van der Waals surface area contributed by atoms with Gasteiger partial charge < -0.3 is 51.7 Å². The minimum atomic E-state index is -4.16. The van der Waals surface area contributed by atoms with Gasteiger partial charge in [0.2, 0.25) is 13.3 Å². The number of nitrogen functional groups attached to an aromatic ring is 2. The van der Waals surface area contributed by atoms with Crippen molar-refractivity contribution in [2.45, 2.75) is 73.4 Å². The van der Waals surface area contributed by atoms with Gasteiger partial charge in [-0.2, -0.15) is 9.97 Å². The molecule has 318 valence electrons. The molecular weight excluding hydrogens is 759 g/mol. The van der Waals surface area contributed by atoms with Crippen LogP contribution in [0.2, 0.25) is 0 Å². The summed E-state index contributed by atoms with van der Waals surface area (Å²) in [7, 11) is -2.39. The highest BCUT2D eigenvalue weighted by atomic mass is 31.2. The molecule has 19 nitrogen and oxygen atoms in total. The van der Waals surface area contributed by atoms with Gasteiger partial charge in [0.25, 0.3) is 5.91 Å². The molecule has 2 aromatic heterocycles. The number of rotatable bonds is 21. The number of fused-ring (bicyclic) bond motifs is 1. The van der Waals surface area contributed by atoms with E-state index in [4.69, 9.17) is 16.6 Å². The lowest BCUT2D eigenvalue weighted by atomic mass is 10.1. The predicted octanol–water partition coefficient (Wildman–Crippen LogP) is 3.33. The third kappa shape index (κ3) is 18.2. The van der Waals surface area contributed by atoms with Crippen molar-refractivity contribution in [2.75, 3.05) is 75.0 Å². The summed E-state index contributed by atoms with van der Waals surface area (Å²) >= 11 is 0. The van der Waals surface area contributed by atoms with E-state index in [-0.39, 0.29) is 29.4 Å². The molecule has 3 aromatic rings. The molecule has 0 saturated heterocycles. The number of aliphatic carboxylic acids is 3. The average Bonchev–Trinajstić information content (AvgIpc) is 3.16. The predicted molar refractivity (Wildman–Crippen MR) is 220 cm³/mol. The number of carboxylic acid groups (broad SMARTS) is 3. The number of carbonyl (C=O) groups is 4. The van der Waals surface area contributed by atoms with Crippen LogP contribution in [0.5, 0.6) is 0 Å². The molecule has 0 bridgehead atoms. The molecule has 9 N–H and O–H groups in total. The Balaban J connectivity index is 0.000000984. The van der Waals surface area contributed by atoms with E-state index >= 15 is 0 Å².